The minimum Gasteiger partial charge on any atom is -0.341 e. The SMILES string of the molecule is Cc1ncsc1CCN(C)C(=O)c1cccc(-c2ccc(=O)n(C)n2)c1. The molecule has 0 bridgehead atoms. The van der Waals surface area contributed by atoms with E-state index >= 15 is 0 Å². The highest BCUT2D eigenvalue weighted by atomic mass is 32.1. The summed E-state index contributed by atoms with van der Waals surface area (Å²) in [5.41, 5.74) is 4.75. The first-order valence-corrected chi connectivity index (χ1v) is 9.13. The van der Waals surface area contributed by atoms with Crippen LogP contribution in [0.5, 0.6) is 0 Å². The van der Waals surface area contributed by atoms with Crippen LogP contribution < -0.4 is 5.56 Å². The number of aromatic nitrogens is 3. The third-order valence-corrected chi connectivity index (χ3v) is 5.23. The number of benzene rings is 1. The normalized spacial score (nSPS) is 10.7. The number of nitrogens with zero attached hydrogens (tertiary/aromatic N) is 4. The second-order valence-electron chi connectivity index (χ2n) is 6.10. The number of hydrogen-bond acceptors (Lipinski definition) is 5. The molecule has 0 N–H and O–H groups in total. The summed E-state index contributed by atoms with van der Waals surface area (Å²) in [5, 5.41) is 4.24. The Kier molecular flexibility index (Phi) is 5.27. The first-order chi connectivity index (χ1) is 12.5. The van der Waals surface area contributed by atoms with Gasteiger partial charge in [0.25, 0.3) is 11.5 Å². The van der Waals surface area contributed by atoms with Crippen molar-refractivity contribution in [2.45, 2.75) is 13.3 Å². The predicted molar refractivity (Wildman–Crippen MR) is 102 cm³/mol. The lowest BCUT2D eigenvalue weighted by molar-refractivity contribution is 0.0797. The zero-order valence-corrected chi connectivity index (χ0v) is 15.8. The van der Waals surface area contributed by atoms with Crippen molar-refractivity contribution in [3.63, 3.8) is 0 Å². The van der Waals surface area contributed by atoms with E-state index in [0.29, 0.717) is 17.8 Å². The Labute approximate surface area is 155 Å². The molecule has 0 spiro atoms. The molecule has 0 radical (unpaired) electrons. The fourth-order valence-electron chi connectivity index (χ4n) is 2.63. The maximum absolute atomic E-state index is 12.7. The summed E-state index contributed by atoms with van der Waals surface area (Å²) in [5.74, 6) is -0.0427. The van der Waals surface area contributed by atoms with Gasteiger partial charge in [-0.3, -0.25) is 9.59 Å². The van der Waals surface area contributed by atoms with Crippen LogP contribution in [-0.2, 0) is 13.5 Å². The van der Waals surface area contributed by atoms with E-state index < -0.39 is 0 Å². The molecule has 0 saturated carbocycles. The molecule has 0 aliphatic rings. The molecule has 0 fully saturated rings. The lowest BCUT2D eigenvalue weighted by Gasteiger charge is -2.17. The minimum absolute atomic E-state index is 0.0427. The molecule has 26 heavy (non-hydrogen) atoms. The van der Waals surface area contributed by atoms with Gasteiger partial charge < -0.3 is 4.90 Å². The Balaban J connectivity index is 1.76. The molecule has 0 aliphatic heterocycles. The lowest BCUT2D eigenvalue weighted by atomic mass is 10.1. The van der Waals surface area contributed by atoms with Gasteiger partial charge in [-0.1, -0.05) is 12.1 Å². The number of likely N-dealkylation sites (N-methyl/N-ethyl adjacent to an activating group) is 1. The molecule has 0 atom stereocenters. The molecule has 0 aliphatic carbocycles. The van der Waals surface area contributed by atoms with Gasteiger partial charge in [0, 0.05) is 49.1 Å². The Morgan fingerprint density at radius 1 is 1.27 bits per heavy atom. The van der Waals surface area contributed by atoms with Crippen LogP contribution in [0.25, 0.3) is 11.3 Å². The van der Waals surface area contributed by atoms with Crippen molar-refractivity contribution < 1.29 is 4.79 Å². The molecule has 1 aromatic carbocycles. The fourth-order valence-corrected chi connectivity index (χ4v) is 3.40. The molecular formula is C19H20N4O2S. The van der Waals surface area contributed by atoms with Gasteiger partial charge >= 0.3 is 0 Å². The maximum atomic E-state index is 12.7. The quantitative estimate of drug-likeness (QED) is 0.694. The van der Waals surface area contributed by atoms with E-state index in [2.05, 4.69) is 10.1 Å². The molecular weight excluding hydrogens is 348 g/mol. The van der Waals surface area contributed by atoms with Crippen molar-refractivity contribution in [3.8, 4) is 11.3 Å². The van der Waals surface area contributed by atoms with Gasteiger partial charge in [-0.25, -0.2) is 9.67 Å². The molecule has 134 valence electrons. The third kappa shape index (κ3) is 3.88. The summed E-state index contributed by atoms with van der Waals surface area (Å²) >= 11 is 1.62. The van der Waals surface area contributed by atoms with Gasteiger partial charge in [-0.2, -0.15) is 5.10 Å². The first-order valence-electron chi connectivity index (χ1n) is 8.25. The van der Waals surface area contributed by atoms with E-state index in [1.807, 2.05) is 30.6 Å². The van der Waals surface area contributed by atoms with E-state index in [1.165, 1.54) is 15.6 Å². The third-order valence-electron chi connectivity index (χ3n) is 4.23. The van der Waals surface area contributed by atoms with E-state index in [9.17, 15) is 9.59 Å². The van der Waals surface area contributed by atoms with Crippen molar-refractivity contribution in [3.05, 3.63) is 68.4 Å². The Bertz CT molecular complexity index is 993. The highest BCUT2D eigenvalue weighted by Crippen LogP contribution is 2.18. The van der Waals surface area contributed by atoms with Crippen molar-refractivity contribution in [1.29, 1.82) is 0 Å². The van der Waals surface area contributed by atoms with Gasteiger partial charge in [-0.15, -0.1) is 11.3 Å². The highest BCUT2D eigenvalue weighted by Gasteiger charge is 2.14. The lowest BCUT2D eigenvalue weighted by Crippen LogP contribution is -2.28. The largest absolute Gasteiger partial charge is 0.341 e. The van der Waals surface area contributed by atoms with Gasteiger partial charge in [0.15, 0.2) is 0 Å². The summed E-state index contributed by atoms with van der Waals surface area (Å²) in [7, 11) is 3.41. The molecule has 1 amide bonds. The van der Waals surface area contributed by atoms with Crippen molar-refractivity contribution in [2.24, 2.45) is 7.05 Å². The standard InChI is InChI=1S/C19H20N4O2S/c1-13-17(26-12-20-13)9-10-22(2)19(25)15-6-4-5-14(11-15)16-7-8-18(24)23(3)21-16/h4-8,11-12H,9-10H2,1-3H3. The fraction of sp³-hybridized carbons (Fsp3) is 0.263. The highest BCUT2D eigenvalue weighted by molar-refractivity contribution is 7.09. The Hall–Kier alpha value is -2.80. The monoisotopic (exact) mass is 368 g/mol. The summed E-state index contributed by atoms with van der Waals surface area (Å²) in [6.45, 7) is 2.61. The van der Waals surface area contributed by atoms with Crippen LogP contribution in [0, 0.1) is 6.92 Å². The molecule has 7 heteroatoms. The molecule has 2 aromatic heterocycles. The van der Waals surface area contributed by atoms with Crippen LogP contribution in [0.2, 0.25) is 0 Å². The maximum Gasteiger partial charge on any atom is 0.266 e. The zero-order chi connectivity index (χ0) is 18.7. The van der Waals surface area contributed by atoms with Crippen LogP contribution in [-0.4, -0.2) is 39.2 Å². The van der Waals surface area contributed by atoms with Crippen LogP contribution >= 0.6 is 11.3 Å². The van der Waals surface area contributed by atoms with E-state index in [4.69, 9.17) is 0 Å². The van der Waals surface area contributed by atoms with Crippen molar-refractivity contribution in [1.82, 2.24) is 19.7 Å². The van der Waals surface area contributed by atoms with Crippen LogP contribution in [0.1, 0.15) is 20.9 Å². The van der Waals surface area contributed by atoms with Gasteiger partial charge in [-0.05, 0) is 25.1 Å². The van der Waals surface area contributed by atoms with Crippen LogP contribution in [0.4, 0.5) is 0 Å². The smallest absolute Gasteiger partial charge is 0.266 e. The average molecular weight is 368 g/mol. The molecule has 0 unspecified atom stereocenters. The van der Waals surface area contributed by atoms with Gasteiger partial charge in [0.1, 0.15) is 0 Å². The molecule has 3 rings (SSSR count). The molecule has 0 saturated heterocycles. The molecule has 2 heterocycles. The number of aryl methyl sites for hydroxylation is 2. The number of amides is 1. The summed E-state index contributed by atoms with van der Waals surface area (Å²) in [4.78, 5) is 31.4. The van der Waals surface area contributed by atoms with Crippen molar-refractivity contribution >= 4 is 17.2 Å². The first kappa shape index (κ1) is 18.0. The van der Waals surface area contributed by atoms with E-state index in [-0.39, 0.29) is 11.5 Å². The number of thiazole rings is 1. The molecule has 3 aromatic rings. The van der Waals surface area contributed by atoms with Crippen molar-refractivity contribution in [2.75, 3.05) is 13.6 Å². The number of carbonyl (C=O) groups is 1. The van der Waals surface area contributed by atoms with Gasteiger partial charge in [0.2, 0.25) is 0 Å². The Morgan fingerprint density at radius 3 is 2.77 bits per heavy atom. The molecule has 6 nitrogen and oxygen atoms in total. The van der Waals surface area contributed by atoms with E-state index in [1.54, 1.807) is 42.5 Å². The summed E-state index contributed by atoms with van der Waals surface area (Å²) < 4.78 is 1.29. The Morgan fingerprint density at radius 2 is 2.08 bits per heavy atom. The second kappa shape index (κ2) is 7.61. The van der Waals surface area contributed by atoms with Crippen LogP contribution in [0.15, 0.2) is 46.7 Å². The minimum atomic E-state index is -0.168. The number of carbonyl (C=O) groups excluding carboxylic acids is 1. The van der Waals surface area contributed by atoms with Gasteiger partial charge in [0.05, 0.1) is 16.9 Å². The zero-order valence-electron chi connectivity index (χ0n) is 15.0. The second-order valence-corrected chi connectivity index (χ2v) is 7.04. The number of hydrogen-bond donors (Lipinski definition) is 0. The average Bonchev–Trinajstić information content (AvgIpc) is 3.06. The van der Waals surface area contributed by atoms with E-state index in [0.717, 1.165) is 17.7 Å². The number of rotatable bonds is 5. The predicted octanol–water partition coefficient (Wildman–Crippen LogP) is 2.53. The summed E-state index contributed by atoms with van der Waals surface area (Å²) in [6.07, 6.45) is 0.792. The topological polar surface area (TPSA) is 68.1 Å². The summed E-state index contributed by atoms with van der Waals surface area (Å²) in [6, 6.07) is 10.5. The van der Waals surface area contributed by atoms with Crippen LogP contribution in [0.3, 0.4) is 0 Å².